The Balaban J connectivity index is 1.38. The largest absolute Gasteiger partial charge is 0.469 e. The number of methoxy groups -OCH3 is 1. The Bertz CT molecular complexity index is 675. The quantitative estimate of drug-likeness (QED) is 0.108. The summed E-state index contributed by atoms with van der Waals surface area (Å²) in [5.41, 5.74) is 2.20. The van der Waals surface area contributed by atoms with Gasteiger partial charge in [0.05, 0.1) is 19.1 Å². The molecule has 4 aliphatic rings. The van der Waals surface area contributed by atoms with E-state index in [1.807, 2.05) is 0 Å². The molecule has 0 N–H and O–H groups in total. The minimum atomic E-state index is 0.0358. The third-order valence-electron chi connectivity index (χ3n) is 9.93. The fourth-order valence-corrected chi connectivity index (χ4v) is 8.64. The Labute approximate surface area is 203 Å². The summed E-state index contributed by atoms with van der Waals surface area (Å²) in [7, 11) is 1.56. The van der Waals surface area contributed by atoms with Crippen molar-refractivity contribution >= 4 is 28.6 Å². The number of ether oxygens (including phenoxy) is 2. The summed E-state index contributed by atoms with van der Waals surface area (Å²) in [4.78, 5) is 12.5. The number of unbranched alkanes of at least 4 members (excludes halogenated alkanes) is 3. The van der Waals surface area contributed by atoms with Crippen LogP contribution < -0.4 is 0 Å². The number of hydrogen-bond donors (Lipinski definition) is 0. The van der Waals surface area contributed by atoms with Gasteiger partial charge in [-0.3, -0.25) is 4.79 Å². The number of allylic oxidation sites excluding steroid dienone is 1. The maximum Gasteiger partial charge on any atom is 0.309 e. The van der Waals surface area contributed by atoms with E-state index in [1.54, 1.807) is 12.7 Å². The van der Waals surface area contributed by atoms with Gasteiger partial charge in [0.2, 0.25) is 0 Å². The van der Waals surface area contributed by atoms with Crippen LogP contribution in [0.2, 0.25) is 0 Å². The molecule has 0 spiro atoms. The van der Waals surface area contributed by atoms with Crippen LogP contribution in [0.4, 0.5) is 0 Å². The first-order valence-corrected chi connectivity index (χ1v) is 14.4. The van der Waals surface area contributed by atoms with Crippen LogP contribution in [0.25, 0.3) is 0 Å². The zero-order valence-corrected chi connectivity index (χ0v) is 22.1. The molecule has 0 bridgehead atoms. The van der Waals surface area contributed by atoms with E-state index in [4.69, 9.17) is 9.47 Å². The van der Waals surface area contributed by atoms with Crippen molar-refractivity contribution in [1.29, 1.82) is 0 Å². The van der Waals surface area contributed by atoms with Gasteiger partial charge in [0, 0.05) is 6.61 Å². The lowest BCUT2D eigenvalue weighted by atomic mass is 9.47. The Morgan fingerprint density at radius 3 is 2.65 bits per heavy atom. The highest BCUT2D eigenvalue weighted by molar-refractivity contribution is 14.1. The van der Waals surface area contributed by atoms with Gasteiger partial charge >= 0.3 is 5.97 Å². The van der Waals surface area contributed by atoms with Gasteiger partial charge in [0.15, 0.2) is 0 Å². The van der Waals surface area contributed by atoms with E-state index in [1.165, 1.54) is 68.6 Å². The number of hydrogen-bond acceptors (Lipinski definition) is 3. The summed E-state index contributed by atoms with van der Waals surface area (Å²) in [6.07, 6.45) is 17.8. The minimum Gasteiger partial charge on any atom is -0.469 e. The Hall–Kier alpha value is -0.100. The Morgan fingerprint density at radius 2 is 1.87 bits per heavy atom. The van der Waals surface area contributed by atoms with Gasteiger partial charge in [-0.05, 0) is 97.2 Å². The fourth-order valence-electron chi connectivity index (χ4n) is 8.10. The van der Waals surface area contributed by atoms with E-state index in [0.717, 1.165) is 31.3 Å². The number of fused-ring (bicyclic) bond motifs is 5. The molecule has 7 atom stereocenters. The number of halogens is 1. The van der Waals surface area contributed by atoms with Crippen LogP contribution in [-0.4, -0.2) is 30.2 Å². The lowest BCUT2D eigenvalue weighted by Gasteiger charge is -2.58. The third-order valence-corrected chi connectivity index (χ3v) is 10.7. The maximum absolute atomic E-state index is 12.5. The van der Waals surface area contributed by atoms with Crippen LogP contribution in [0.3, 0.4) is 0 Å². The van der Waals surface area contributed by atoms with E-state index in [0.29, 0.717) is 17.4 Å². The molecule has 0 unspecified atom stereocenters. The van der Waals surface area contributed by atoms with Crippen molar-refractivity contribution in [3.8, 4) is 0 Å². The molecule has 3 saturated carbocycles. The molecule has 3 nitrogen and oxygen atoms in total. The summed E-state index contributed by atoms with van der Waals surface area (Å²) in [6, 6.07) is 0. The first kappa shape index (κ1) is 24.0. The average Bonchev–Trinajstić information content (AvgIpc) is 3.13. The summed E-state index contributed by atoms with van der Waals surface area (Å²) in [5.74, 6) is 2.37. The van der Waals surface area contributed by atoms with Crippen LogP contribution in [0.15, 0.2) is 11.6 Å². The second kappa shape index (κ2) is 10.0. The number of alkyl halides is 1. The maximum atomic E-state index is 12.5. The van der Waals surface area contributed by atoms with E-state index in [9.17, 15) is 4.79 Å². The van der Waals surface area contributed by atoms with Crippen LogP contribution in [0, 0.1) is 34.5 Å². The number of rotatable bonds is 8. The highest BCUT2D eigenvalue weighted by atomic mass is 127. The van der Waals surface area contributed by atoms with E-state index < -0.39 is 0 Å². The second-order valence-corrected chi connectivity index (χ2v) is 12.4. The van der Waals surface area contributed by atoms with Crippen molar-refractivity contribution < 1.29 is 14.3 Å². The predicted octanol–water partition coefficient (Wildman–Crippen LogP) is 7.12. The van der Waals surface area contributed by atoms with Crippen LogP contribution in [0.1, 0.15) is 90.9 Å². The lowest BCUT2D eigenvalue weighted by molar-refractivity contribution is -0.152. The number of carbonyl (C=O) groups excluding carboxylic acids is 1. The number of esters is 1. The molecule has 0 aromatic rings. The fraction of sp³-hybridized carbons (Fsp3) is 0.889. The second-order valence-electron chi connectivity index (χ2n) is 11.3. The molecule has 0 amide bonds. The van der Waals surface area contributed by atoms with Crippen molar-refractivity contribution in [2.75, 3.05) is 18.1 Å². The average molecular weight is 543 g/mol. The highest BCUT2D eigenvalue weighted by Crippen LogP contribution is 2.66. The van der Waals surface area contributed by atoms with Gasteiger partial charge < -0.3 is 9.47 Å². The van der Waals surface area contributed by atoms with Crippen molar-refractivity contribution in [1.82, 2.24) is 0 Å². The molecular weight excluding hydrogens is 499 g/mol. The Kier molecular flexibility index (Phi) is 7.78. The summed E-state index contributed by atoms with van der Waals surface area (Å²) in [5, 5.41) is 0. The molecule has 4 rings (SSSR count). The Morgan fingerprint density at radius 1 is 1.06 bits per heavy atom. The number of carbonyl (C=O) groups is 1. The standard InChI is InChI=1S/C27H43IO3/c1-26-14-12-20(31-17-7-5-4-6-16-28)18-19(26)8-9-21-22-10-11-24(25(29)30-3)27(22,2)15-13-23(21)26/h8,20-24H,4-7,9-18H2,1-3H3/t20-,21-,22-,23-,24+,26-,27-/m0/s1. The molecule has 3 fully saturated rings. The van der Waals surface area contributed by atoms with Gasteiger partial charge in [-0.25, -0.2) is 0 Å². The molecule has 0 aromatic heterocycles. The summed E-state index contributed by atoms with van der Waals surface area (Å²) < 4.78 is 12.8. The van der Waals surface area contributed by atoms with Crippen LogP contribution in [0.5, 0.6) is 0 Å². The van der Waals surface area contributed by atoms with Crippen LogP contribution >= 0.6 is 22.6 Å². The highest BCUT2D eigenvalue weighted by Gasteiger charge is 2.60. The third kappa shape index (κ3) is 4.50. The van der Waals surface area contributed by atoms with Gasteiger partial charge in [-0.2, -0.15) is 0 Å². The topological polar surface area (TPSA) is 35.5 Å². The molecular formula is C27H43IO3. The first-order valence-electron chi connectivity index (χ1n) is 12.9. The molecule has 4 heteroatoms. The summed E-state index contributed by atoms with van der Waals surface area (Å²) in [6.45, 7) is 5.90. The van der Waals surface area contributed by atoms with Gasteiger partial charge in [0.25, 0.3) is 0 Å². The van der Waals surface area contributed by atoms with Gasteiger partial charge in [-0.15, -0.1) is 0 Å². The zero-order valence-electron chi connectivity index (χ0n) is 20.0. The SMILES string of the molecule is COC(=O)[C@H]1CC[C@H]2[C@@H]3CC=C4C[C@@H](OCCCCCCI)CC[C@]4(C)[C@H]3CC[C@]12C. The van der Waals surface area contributed by atoms with E-state index in [-0.39, 0.29) is 17.3 Å². The molecule has 0 saturated heterocycles. The van der Waals surface area contributed by atoms with Crippen molar-refractivity contribution in [2.24, 2.45) is 34.5 Å². The van der Waals surface area contributed by atoms with Gasteiger partial charge in [0.1, 0.15) is 0 Å². The predicted molar refractivity (Wildman–Crippen MR) is 134 cm³/mol. The van der Waals surface area contributed by atoms with Crippen molar-refractivity contribution in [3.05, 3.63) is 11.6 Å². The molecule has 31 heavy (non-hydrogen) atoms. The molecule has 4 aliphatic carbocycles. The first-order chi connectivity index (χ1) is 14.9. The summed E-state index contributed by atoms with van der Waals surface area (Å²) >= 11 is 2.47. The van der Waals surface area contributed by atoms with Crippen molar-refractivity contribution in [3.63, 3.8) is 0 Å². The smallest absolute Gasteiger partial charge is 0.309 e. The molecule has 176 valence electrons. The molecule has 0 aromatic carbocycles. The van der Waals surface area contributed by atoms with Crippen LogP contribution in [-0.2, 0) is 14.3 Å². The van der Waals surface area contributed by atoms with E-state index >= 15 is 0 Å². The van der Waals surface area contributed by atoms with Gasteiger partial charge in [-0.1, -0.05) is 60.9 Å². The lowest BCUT2D eigenvalue weighted by Crippen LogP contribution is -2.51. The molecule has 0 aliphatic heterocycles. The minimum absolute atomic E-state index is 0.0358. The normalized spacial score (nSPS) is 41.7. The zero-order chi connectivity index (χ0) is 22.1. The van der Waals surface area contributed by atoms with E-state index in [2.05, 4.69) is 42.5 Å². The van der Waals surface area contributed by atoms with Crippen molar-refractivity contribution in [2.45, 2.75) is 97.0 Å². The molecule has 0 heterocycles. The molecule has 0 radical (unpaired) electrons. The monoisotopic (exact) mass is 542 g/mol.